The number of nitrogens with zero attached hydrogens (tertiary/aromatic N) is 3. The quantitative estimate of drug-likeness (QED) is 0.208. The van der Waals surface area contributed by atoms with Gasteiger partial charge in [-0.1, -0.05) is 0 Å². The van der Waals surface area contributed by atoms with E-state index in [1.54, 1.807) is 0 Å². The van der Waals surface area contributed by atoms with Crippen LogP contribution >= 0.6 is 23.5 Å². The van der Waals surface area contributed by atoms with Gasteiger partial charge in [-0.05, 0) is 6.92 Å². The van der Waals surface area contributed by atoms with Crippen LogP contribution < -0.4 is 11.3 Å². The van der Waals surface area contributed by atoms with Crippen molar-refractivity contribution < 1.29 is 65.0 Å². The number of nitrogens with two attached hydrogens (primary N) is 1. The third-order valence-electron chi connectivity index (χ3n) is 4.26. The first-order valence-corrected chi connectivity index (χ1v) is 13.1. The van der Waals surface area contributed by atoms with Crippen LogP contribution in [0.4, 0.5) is 14.7 Å². The predicted molar refractivity (Wildman–Crippen MR) is 102 cm³/mol. The Hall–Kier alpha value is -1.66. The standard InChI is InChI=1S/C11H16F2N5O13P3/c1-11(13)5(19)4(29-33(24,25)31-34(26,27)30-32(21,22)23)6(12)28-9(11)18-2-15-3-7(18)16-10(14)17-8(3)20/h2,4-6,9,19H,1H3,(H,24,25)(H,26,27)(H2,21,22,23)(H3,14,16,17,20)/t4?,5?,6?,9-,11-/m1/s1. The fraction of sp³-hybridized carbons (Fsp3) is 0.545. The van der Waals surface area contributed by atoms with E-state index in [2.05, 4.69) is 28.1 Å². The summed E-state index contributed by atoms with van der Waals surface area (Å²) in [6.07, 6.45) is -9.55. The molecule has 1 fully saturated rings. The van der Waals surface area contributed by atoms with E-state index in [1.807, 2.05) is 0 Å². The van der Waals surface area contributed by atoms with Gasteiger partial charge in [-0.25, -0.2) is 27.5 Å². The lowest BCUT2D eigenvalue weighted by molar-refractivity contribution is -0.289. The van der Waals surface area contributed by atoms with Crippen LogP contribution in [0.25, 0.3) is 11.2 Å². The fourth-order valence-electron chi connectivity index (χ4n) is 2.95. The summed E-state index contributed by atoms with van der Waals surface area (Å²) < 4.78 is 80.9. The zero-order valence-corrected chi connectivity index (χ0v) is 19.1. The van der Waals surface area contributed by atoms with Crippen LogP contribution in [0.15, 0.2) is 11.1 Å². The molecule has 0 aromatic carbocycles. The van der Waals surface area contributed by atoms with Crippen LogP contribution in [0.5, 0.6) is 0 Å². The largest absolute Gasteiger partial charge is 0.490 e. The first-order valence-electron chi connectivity index (χ1n) is 8.54. The number of alkyl halides is 2. The van der Waals surface area contributed by atoms with Crippen molar-refractivity contribution in [2.24, 2.45) is 0 Å². The molecule has 23 heteroatoms. The normalized spacial score (nSPS) is 31.8. The molecule has 1 aliphatic rings. The molecule has 2 aromatic heterocycles. The number of rotatable bonds is 7. The highest BCUT2D eigenvalue weighted by Gasteiger charge is 2.58. The van der Waals surface area contributed by atoms with Gasteiger partial charge in [0.15, 0.2) is 29.2 Å². The number of hydrogen-bond donors (Lipinski definition) is 7. The van der Waals surface area contributed by atoms with Crippen LogP contribution in [-0.4, -0.2) is 68.4 Å². The van der Waals surface area contributed by atoms with E-state index >= 15 is 4.39 Å². The molecule has 8 N–H and O–H groups in total. The van der Waals surface area contributed by atoms with Crippen LogP contribution in [0.1, 0.15) is 13.2 Å². The second kappa shape index (κ2) is 8.77. The van der Waals surface area contributed by atoms with Crippen molar-refractivity contribution in [3.05, 3.63) is 16.7 Å². The highest BCUT2D eigenvalue weighted by Crippen LogP contribution is 2.67. The summed E-state index contributed by atoms with van der Waals surface area (Å²) >= 11 is 0. The smallest absolute Gasteiger partial charge is 0.387 e. The Labute approximate surface area is 185 Å². The van der Waals surface area contributed by atoms with E-state index in [1.165, 1.54) is 0 Å². The number of aliphatic hydroxyl groups excluding tert-OH is 1. The number of aromatic amines is 1. The summed E-state index contributed by atoms with van der Waals surface area (Å²) in [6, 6.07) is 0. The average Bonchev–Trinajstić information content (AvgIpc) is 3.02. The molecule has 7 atom stereocenters. The van der Waals surface area contributed by atoms with Crippen LogP contribution in [0, 0.1) is 0 Å². The summed E-state index contributed by atoms with van der Waals surface area (Å²) in [5, 5.41) is 10.3. The highest BCUT2D eigenvalue weighted by atomic mass is 31.3. The van der Waals surface area contributed by atoms with Gasteiger partial charge in [0.2, 0.25) is 12.3 Å². The lowest BCUT2D eigenvalue weighted by atomic mass is 9.91. The first kappa shape index (κ1) is 26.9. The summed E-state index contributed by atoms with van der Waals surface area (Å²) in [7, 11) is -17.6. The zero-order chi connectivity index (χ0) is 25.9. The molecule has 1 saturated heterocycles. The first-order chi connectivity index (χ1) is 15.3. The fourth-order valence-corrected chi connectivity index (χ4v) is 6.13. The van der Waals surface area contributed by atoms with Gasteiger partial charge in [0, 0.05) is 0 Å². The molecule has 34 heavy (non-hydrogen) atoms. The summed E-state index contributed by atoms with van der Waals surface area (Å²) in [6.45, 7) is 0.643. The molecule has 0 radical (unpaired) electrons. The van der Waals surface area contributed by atoms with E-state index in [9.17, 15) is 32.9 Å². The number of phosphoric ester groups is 1. The number of hydrogen-bond acceptors (Lipinski definition) is 12. The number of anilines is 1. The van der Waals surface area contributed by atoms with Gasteiger partial charge in [0.25, 0.3) is 5.56 Å². The molecule has 0 aliphatic carbocycles. The number of fused-ring (bicyclic) bond motifs is 1. The number of ether oxygens (including phenoxy) is 1. The monoisotopic (exact) mass is 557 g/mol. The van der Waals surface area contributed by atoms with Crippen molar-refractivity contribution in [2.45, 2.75) is 37.4 Å². The maximum absolute atomic E-state index is 15.5. The zero-order valence-electron chi connectivity index (χ0n) is 16.4. The molecule has 0 saturated carbocycles. The number of imidazole rings is 1. The molecule has 3 heterocycles. The molecular formula is C11H16F2N5O13P3. The Balaban J connectivity index is 1.88. The van der Waals surface area contributed by atoms with Gasteiger partial charge in [-0.15, -0.1) is 0 Å². The number of aromatic nitrogens is 4. The number of nitrogen functional groups attached to an aromatic ring is 1. The van der Waals surface area contributed by atoms with Gasteiger partial charge in [0.1, 0.15) is 6.10 Å². The van der Waals surface area contributed by atoms with E-state index in [4.69, 9.17) is 25.2 Å². The topological polar surface area (TPSA) is 279 Å². The van der Waals surface area contributed by atoms with Gasteiger partial charge in [0.05, 0.1) is 6.33 Å². The van der Waals surface area contributed by atoms with Crippen LogP contribution in [0.3, 0.4) is 0 Å². The van der Waals surface area contributed by atoms with Crippen molar-refractivity contribution in [2.75, 3.05) is 5.73 Å². The number of halogens is 2. The second-order valence-corrected chi connectivity index (χ2v) is 11.2. The molecule has 18 nitrogen and oxygen atoms in total. The minimum atomic E-state index is -5.97. The van der Waals surface area contributed by atoms with Gasteiger partial charge in [-0.3, -0.25) is 18.9 Å². The van der Waals surface area contributed by atoms with E-state index < -0.39 is 65.4 Å². The number of nitrogens with one attached hydrogen (secondary N) is 1. The van der Waals surface area contributed by atoms with Crippen LogP contribution in [0.2, 0.25) is 0 Å². The SMILES string of the molecule is C[C@@]1(F)C(O)C(OP(=O)(O)OP(=O)(O)OP(=O)(O)O)C(F)O[C@H]1n1cnc2c(=O)[nH]c(N)nc21. The third kappa shape index (κ3) is 5.59. The number of H-pyrrole nitrogens is 1. The average molecular weight is 557 g/mol. The van der Waals surface area contributed by atoms with E-state index in [0.717, 1.165) is 6.33 Å². The Morgan fingerprint density at radius 1 is 1.24 bits per heavy atom. The van der Waals surface area contributed by atoms with Gasteiger partial charge >= 0.3 is 23.5 Å². The lowest BCUT2D eigenvalue weighted by Crippen LogP contribution is -2.59. The number of phosphoric acid groups is 3. The minimum Gasteiger partial charge on any atom is -0.387 e. The molecule has 5 unspecified atom stereocenters. The Morgan fingerprint density at radius 2 is 1.85 bits per heavy atom. The molecule has 3 rings (SSSR count). The van der Waals surface area contributed by atoms with Crippen LogP contribution in [-0.2, 0) is 31.6 Å². The number of aliphatic hydroxyl groups is 1. The van der Waals surface area contributed by atoms with Crippen molar-refractivity contribution in [3.8, 4) is 0 Å². The molecule has 1 aliphatic heterocycles. The maximum Gasteiger partial charge on any atom is 0.490 e. The van der Waals surface area contributed by atoms with Gasteiger partial charge in [-0.2, -0.15) is 13.6 Å². The molecule has 2 aromatic rings. The summed E-state index contributed by atoms with van der Waals surface area (Å²) in [5.74, 6) is -0.418. The minimum absolute atomic E-state index is 0.353. The van der Waals surface area contributed by atoms with E-state index in [-0.39, 0.29) is 11.2 Å². The molecule has 0 spiro atoms. The summed E-state index contributed by atoms with van der Waals surface area (Å²) in [4.78, 5) is 57.2. The molecule has 0 amide bonds. The third-order valence-corrected chi connectivity index (χ3v) is 8.10. The Morgan fingerprint density at radius 3 is 2.44 bits per heavy atom. The van der Waals surface area contributed by atoms with Gasteiger partial charge < -0.3 is 35.2 Å². The highest BCUT2D eigenvalue weighted by molar-refractivity contribution is 7.66. The van der Waals surface area contributed by atoms with Crippen molar-refractivity contribution in [1.29, 1.82) is 0 Å². The lowest BCUT2D eigenvalue weighted by Gasteiger charge is -2.44. The predicted octanol–water partition coefficient (Wildman–Crippen LogP) is -0.673. The molecular weight excluding hydrogens is 541 g/mol. The summed E-state index contributed by atoms with van der Waals surface area (Å²) in [5.41, 5.74) is 0.786. The van der Waals surface area contributed by atoms with E-state index in [0.29, 0.717) is 11.5 Å². The Kier molecular flexibility index (Phi) is 6.95. The molecule has 192 valence electrons. The van der Waals surface area contributed by atoms with Crippen molar-refractivity contribution in [3.63, 3.8) is 0 Å². The molecule has 0 bridgehead atoms. The Bertz CT molecular complexity index is 1290. The van der Waals surface area contributed by atoms with Crippen molar-refractivity contribution in [1.82, 2.24) is 19.5 Å². The second-order valence-electron chi connectivity index (χ2n) is 6.87. The van der Waals surface area contributed by atoms with Crippen molar-refractivity contribution >= 4 is 40.6 Å². The maximum atomic E-state index is 15.5.